The molecule has 1 N–H and O–H groups in total. The first-order valence-corrected chi connectivity index (χ1v) is 6.97. The average molecular weight is 279 g/mol. The third-order valence-corrected chi connectivity index (χ3v) is 4.07. The number of carbonyl (C=O) groups is 2. The number of carboxylic acids is 1. The summed E-state index contributed by atoms with van der Waals surface area (Å²) in [5.74, 6) is 1.85. The molecule has 1 aliphatic rings. The highest BCUT2D eigenvalue weighted by Gasteiger charge is 2.36. The second kappa shape index (κ2) is 5.69. The second-order valence-electron chi connectivity index (χ2n) is 5.64. The van der Waals surface area contributed by atoms with Gasteiger partial charge < -0.3 is 14.4 Å². The third-order valence-electron chi connectivity index (χ3n) is 4.07. The number of hydrogen-bond donors (Lipinski definition) is 1. The normalized spacial score (nSPS) is 22.4. The number of likely N-dealkylation sites (N-methyl/N-ethyl adjacent to an activating group) is 1. The van der Waals surface area contributed by atoms with Crippen LogP contribution in [0.2, 0.25) is 0 Å². The SMILES string of the molecule is CC1CC1c1ccc(CCC(=O)N(C)C(C)C(=O)O)o1. The number of nitrogens with zero attached hydrogens (tertiary/aromatic N) is 1. The minimum Gasteiger partial charge on any atom is -0.480 e. The standard InChI is InChI=1S/C15H21NO4/c1-9-8-12(9)13-6-4-11(20-13)5-7-14(17)16(3)10(2)15(18)19/h4,6,9-10,12H,5,7-8H2,1-3H3,(H,18,19). The zero-order valence-electron chi connectivity index (χ0n) is 12.1. The molecule has 110 valence electrons. The highest BCUT2D eigenvalue weighted by Crippen LogP contribution is 2.47. The van der Waals surface area contributed by atoms with Gasteiger partial charge in [-0.05, 0) is 31.4 Å². The first-order chi connectivity index (χ1) is 9.40. The number of furan rings is 1. The molecule has 0 aromatic carbocycles. The van der Waals surface area contributed by atoms with Crippen molar-refractivity contribution in [2.24, 2.45) is 5.92 Å². The van der Waals surface area contributed by atoms with Crippen molar-refractivity contribution < 1.29 is 19.1 Å². The molecule has 20 heavy (non-hydrogen) atoms. The Labute approximate surface area is 118 Å². The molecule has 0 saturated heterocycles. The largest absolute Gasteiger partial charge is 0.480 e. The Morgan fingerprint density at radius 1 is 1.50 bits per heavy atom. The molecule has 1 aliphatic carbocycles. The topological polar surface area (TPSA) is 70.8 Å². The molecule has 3 atom stereocenters. The van der Waals surface area contributed by atoms with Gasteiger partial charge in [0.15, 0.2) is 0 Å². The van der Waals surface area contributed by atoms with Gasteiger partial charge in [0.05, 0.1) is 0 Å². The molecule has 5 nitrogen and oxygen atoms in total. The molecule has 0 bridgehead atoms. The van der Waals surface area contributed by atoms with Crippen LogP contribution in [-0.4, -0.2) is 35.0 Å². The van der Waals surface area contributed by atoms with Gasteiger partial charge in [0.25, 0.3) is 0 Å². The van der Waals surface area contributed by atoms with Gasteiger partial charge in [-0.25, -0.2) is 4.79 Å². The minimum absolute atomic E-state index is 0.183. The van der Waals surface area contributed by atoms with E-state index in [4.69, 9.17) is 9.52 Å². The summed E-state index contributed by atoms with van der Waals surface area (Å²) in [4.78, 5) is 24.0. The highest BCUT2D eigenvalue weighted by atomic mass is 16.4. The lowest BCUT2D eigenvalue weighted by Crippen LogP contribution is -2.40. The summed E-state index contributed by atoms with van der Waals surface area (Å²) in [6.45, 7) is 3.69. The van der Waals surface area contributed by atoms with Crippen LogP contribution in [0.25, 0.3) is 0 Å². The summed E-state index contributed by atoms with van der Waals surface area (Å²) in [5.41, 5.74) is 0. The van der Waals surface area contributed by atoms with E-state index in [-0.39, 0.29) is 12.3 Å². The van der Waals surface area contributed by atoms with Crippen LogP contribution in [0.15, 0.2) is 16.5 Å². The lowest BCUT2D eigenvalue weighted by atomic mass is 10.2. The Kier molecular flexibility index (Phi) is 4.16. The van der Waals surface area contributed by atoms with Gasteiger partial charge in [0, 0.05) is 25.8 Å². The van der Waals surface area contributed by atoms with Crippen molar-refractivity contribution >= 4 is 11.9 Å². The number of amides is 1. The van der Waals surface area contributed by atoms with Gasteiger partial charge in [0.1, 0.15) is 17.6 Å². The van der Waals surface area contributed by atoms with Crippen molar-refractivity contribution in [2.75, 3.05) is 7.05 Å². The van der Waals surface area contributed by atoms with Crippen LogP contribution in [0.4, 0.5) is 0 Å². The van der Waals surface area contributed by atoms with E-state index >= 15 is 0 Å². The fourth-order valence-corrected chi connectivity index (χ4v) is 2.23. The van der Waals surface area contributed by atoms with E-state index < -0.39 is 12.0 Å². The van der Waals surface area contributed by atoms with Crippen LogP contribution in [0.3, 0.4) is 0 Å². The Balaban J connectivity index is 1.84. The van der Waals surface area contributed by atoms with Crippen LogP contribution in [0.1, 0.15) is 44.1 Å². The molecule has 1 amide bonds. The number of rotatable bonds is 6. The van der Waals surface area contributed by atoms with E-state index in [0.717, 1.165) is 11.5 Å². The smallest absolute Gasteiger partial charge is 0.326 e. The number of aliphatic carboxylic acids is 1. The summed E-state index contributed by atoms with van der Waals surface area (Å²) in [7, 11) is 1.51. The van der Waals surface area contributed by atoms with Gasteiger partial charge >= 0.3 is 5.97 Å². The Hall–Kier alpha value is -1.78. The van der Waals surface area contributed by atoms with Crippen LogP contribution >= 0.6 is 0 Å². The van der Waals surface area contributed by atoms with Gasteiger partial charge in [-0.2, -0.15) is 0 Å². The van der Waals surface area contributed by atoms with Gasteiger partial charge in [-0.1, -0.05) is 6.92 Å². The molecule has 1 saturated carbocycles. The molecule has 3 unspecified atom stereocenters. The highest BCUT2D eigenvalue weighted by molar-refractivity contribution is 5.83. The quantitative estimate of drug-likeness (QED) is 0.867. The molecule has 1 fully saturated rings. The van der Waals surface area contributed by atoms with Gasteiger partial charge in [-0.3, -0.25) is 4.79 Å². The molecule has 1 aromatic rings. The summed E-state index contributed by atoms with van der Waals surface area (Å²) in [5, 5.41) is 8.87. The molecule has 1 heterocycles. The Bertz CT molecular complexity index is 508. The summed E-state index contributed by atoms with van der Waals surface area (Å²) in [6, 6.07) is 3.09. The minimum atomic E-state index is -0.996. The van der Waals surface area contributed by atoms with Gasteiger partial charge in [-0.15, -0.1) is 0 Å². The van der Waals surface area contributed by atoms with Crippen molar-refractivity contribution in [1.29, 1.82) is 0 Å². The molecule has 2 rings (SSSR count). The number of hydrogen-bond acceptors (Lipinski definition) is 3. The van der Waals surface area contributed by atoms with Crippen molar-refractivity contribution in [2.45, 2.75) is 45.1 Å². The van der Waals surface area contributed by atoms with E-state index in [1.807, 2.05) is 12.1 Å². The predicted octanol–water partition coefficient (Wildman–Crippen LogP) is 2.27. The summed E-state index contributed by atoms with van der Waals surface area (Å²) in [6.07, 6.45) is 1.95. The van der Waals surface area contributed by atoms with Crippen LogP contribution in [-0.2, 0) is 16.0 Å². The maximum atomic E-state index is 11.9. The second-order valence-corrected chi connectivity index (χ2v) is 5.64. The average Bonchev–Trinajstić information content (AvgIpc) is 2.96. The molecule has 5 heteroatoms. The molecule has 0 aliphatic heterocycles. The maximum absolute atomic E-state index is 11.9. The summed E-state index contributed by atoms with van der Waals surface area (Å²) < 4.78 is 5.73. The third kappa shape index (κ3) is 3.21. The Morgan fingerprint density at radius 3 is 2.70 bits per heavy atom. The molecule has 0 spiro atoms. The lowest BCUT2D eigenvalue weighted by Gasteiger charge is -2.21. The fraction of sp³-hybridized carbons (Fsp3) is 0.600. The fourth-order valence-electron chi connectivity index (χ4n) is 2.23. The first kappa shape index (κ1) is 14.6. The molecule has 1 aromatic heterocycles. The maximum Gasteiger partial charge on any atom is 0.326 e. The molecule has 0 radical (unpaired) electrons. The zero-order chi connectivity index (χ0) is 14.9. The van der Waals surface area contributed by atoms with Crippen LogP contribution < -0.4 is 0 Å². The van der Waals surface area contributed by atoms with E-state index in [0.29, 0.717) is 18.3 Å². The van der Waals surface area contributed by atoms with Gasteiger partial charge in [0.2, 0.25) is 5.91 Å². The van der Waals surface area contributed by atoms with Crippen LogP contribution in [0, 0.1) is 5.92 Å². The Morgan fingerprint density at radius 2 is 2.15 bits per heavy atom. The van der Waals surface area contributed by atoms with E-state index in [2.05, 4.69) is 6.92 Å². The summed E-state index contributed by atoms with van der Waals surface area (Å²) >= 11 is 0. The predicted molar refractivity (Wildman–Crippen MR) is 73.4 cm³/mol. The monoisotopic (exact) mass is 279 g/mol. The van der Waals surface area contributed by atoms with Crippen molar-refractivity contribution in [3.05, 3.63) is 23.7 Å². The van der Waals surface area contributed by atoms with Crippen molar-refractivity contribution in [1.82, 2.24) is 4.90 Å². The van der Waals surface area contributed by atoms with Crippen molar-refractivity contribution in [3.63, 3.8) is 0 Å². The van der Waals surface area contributed by atoms with E-state index in [1.54, 1.807) is 0 Å². The first-order valence-electron chi connectivity index (χ1n) is 6.97. The van der Waals surface area contributed by atoms with E-state index in [1.165, 1.54) is 25.3 Å². The number of carbonyl (C=O) groups excluding carboxylic acids is 1. The van der Waals surface area contributed by atoms with Crippen LogP contribution in [0.5, 0.6) is 0 Å². The lowest BCUT2D eigenvalue weighted by molar-refractivity contribution is -0.148. The van der Waals surface area contributed by atoms with E-state index in [9.17, 15) is 9.59 Å². The number of carboxylic acid groups (broad SMARTS) is 1. The molecular weight excluding hydrogens is 258 g/mol. The number of aryl methyl sites for hydroxylation is 1. The van der Waals surface area contributed by atoms with Crippen molar-refractivity contribution in [3.8, 4) is 0 Å². The zero-order valence-corrected chi connectivity index (χ0v) is 12.1. The molecular formula is C15H21NO4.